The maximum absolute atomic E-state index is 5.71. The second kappa shape index (κ2) is 8.72. The van der Waals surface area contributed by atoms with E-state index in [0.29, 0.717) is 13.2 Å². The molecule has 0 fully saturated rings. The summed E-state index contributed by atoms with van der Waals surface area (Å²) in [5.41, 5.74) is 7.30. The molecule has 5 nitrogen and oxygen atoms in total. The molecule has 1 aromatic rings. The molecule has 0 bridgehead atoms. The molecule has 3 N–H and O–H groups in total. The van der Waals surface area contributed by atoms with Crippen molar-refractivity contribution in [3.63, 3.8) is 0 Å². The van der Waals surface area contributed by atoms with Crippen LogP contribution in [0.5, 0.6) is 0 Å². The van der Waals surface area contributed by atoms with E-state index in [1.807, 2.05) is 19.1 Å². The van der Waals surface area contributed by atoms with E-state index < -0.39 is 0 Å². The van der Waals surface area contributed by atoms with Gasteiger partial charge in [-0.25, -0.2) is 4.98 Å². The van der Waals surface area contributed by atoms with Crippen LogP contribution in [0, 0.1) is 6.92 Å². The molecule has 0 radical (unpaired) electrons. The van der Waals surface area contributed by atoms with Gasteiger partial charge in [-0.05, 0) is 31.9 Å². The molecular weight excluding hydrogens is 230 g/mol. The summed E-state index contributed by atoms with van der Waals surface area (Å²) in [6.45, 7) is 4.91. The Labute approximate surface area is 109 Å². The number of pyridine rings is 1. The van der Waals surface area contributed by atoms with Crippen LogP contribution in [-0.2, 0) is 9.47 Å². The fourth-order valence-electron chi connectivity index (χ4n) is 1.46. The number of nitrogens with zero attached hydrogens (tertiary/aromatic N) is 1. The maximum Gasteiger partial charge on any atom is 0.126 e. The number of hydrogen-bond donors (Lipinski definition) is 2. The van der Waals surface area contributed by atoms with Crippen molar-refractivity contribution in [3.05, 3.63) is 17.8 Å². The quantitative estimate of drug-likeness (QED) is 0.657. The Bertz CT molecular complexity index is 345. The van der Waals surface area contributed by atoms with Gasteiger partial charge in [0.1, 0.15) is 5.82 Å². The predicted molar refractivity (Wildman–Crippen MR) is 73.8 cm³/mol. The zero-order valence-corrected chi connectivity index (χ0v) is 11.2. The second-order valence-electron chi connectivity index (χ2n) is 4.11. The van der Waals surface area contributed by atoms with E-state index in [1.165, 1.54) is 0 Å². The summed E-state index contributed by atoms with van der Waals surface area (Å²) >= 11 is 0. The molecule has 0 atom stereocenters. The number of aromatic nitrogens is 1. The van der Waals surface area contributed by atoms with Crippen molar-refractivity contribution in [2.24, 2.45) is 0 Å². The van der Waals surface area contributed by atoms with Gasteiger partial charge in [-0.3, -0.25) is 0 Å². The van der Waals surface area contributed by atoms with Crippen LogP contribution in [0.2, 0.25) is 0 Å². The summed E-state index contributed by atoms with van der Waals surface area (Å²) in [7, 11) is 1.68. The van der Waals surface area contributed by atoms with Crippen molar-refractivity contribution < 1.29 is 9.47 Å². The summed E-state index contributed by atoms with van der Waals surface area (Å²) < 4.78 is 10.3. The number of nitrogens with two attached hydrogens (primary N) is 1. The van der Waals surface area contributed by atoms with Crippen LogP contribution in [0.25, 0.3) is 0 Å². The fraction of sp³-hybridized carbons (Fsp3) is 0.615. The predicted octanol–water partition coefficient (Wildman–Crippen LogP) is 1.83. The lowest BCUT2D eigenvalue weighted by Gasteiger charge is -2.07. The van der Waals surface area contributed by atoms with Crippen molar-refractivity contribution >= 4 is 11.5 Å². The van der Waals surface area contributed by atoms with Crippen molar-refractivity contribution in [3.8, 4) is 0 Å². The molecule has 0 amide bonds. The lowest BCUT2D eigenvalue weighted by molar-refractivity contribution is 0.0691. The molecule has 1 rings (SSSR count). The lowest BCUT2D eigenvalue weighted by Crippen LogP contribution is -2.07. The van der Waals surface area contributed by atoms with E-state index in [1.54, 1.807) is 7.11 Å². The Morgan fingerprint density at radius 3 is 2.78 bits per heavy atom. The van der Waals surface area contributed by atoms with Crippen LogP contribution in [0.15, 0.2) is 12.1 Å². The monoisotopic (exact) mass is 253 g/mol. The number of aryl methyl sites for hydroxylation is 1. The normalized spacial score (nSPS) is 10.6. The third-order valence-electron chi connectivity index (χ3n) is 2.58. The van der Waals surface area contributed by atoms with E-state index in [0.717, 1.165) is 43.2 Å². The van der Waals surface area contributed by atoms with Crippen LogP contribution in [0.4, 0.5) is 11.5 Å². The van der Waals surface area contributed by atoms with Gasteiger partial charge in [0.25, 0.3) is 0 Å². The first-order valence-corrected chi connectivity index (χ1v) is 6.27. The lowest BCUT2D eigenvalue weighted by atomic mass is 10.3. The molecule has 0 spiro atoms. The highest BCUT2D eigenvalue weighted by atomic mass is 16.5. The third kappa shape index (κ3) is 5.84. The number of unbranched alkanes of at least 4 members (excludes halogenated alkanes) is 1. The zero-order valence-electron chi connectivity index (χ0n) is 11.2. The average molecular weight is 253 g/mol. The number of ether oxygens (including phenoxy) is 2. The third-order valence-corrected chi connectivity index (χ3v) is 2.58. The smallest absolute Gasteiger partial charge is 0.126 e. The van der Waals surface area contributed by atoms with Crippen molar-refractivity contribution in [2.75, 3.05) is 44.5 Å². The molecule has 5 heteroatoms. The summed E-state index contributed by atoms with van der Waals surface area (Å²) in [5, 5.41) is 3.27. The van der Waals surface area contributed by atoms with Crippen LogP contribution < -0.4 is 11.1 Å². The molecule has 0 saturated heterocycles. The van der Waals surface area contributed by atoms with Gasteiger partial charge in [-0.1, -0.05) is 0 Å². The molecule has 18 heavy (non-hydrogen) atoms. The van der Waals surface area contributed by atoms with E-state index in [2.05, 4.69) is 10.3 Å². The van der Waals surface area contributed by atoms with Gasteiger partial charge >= 0.3 is 0 Å². The highest BCUT2D eigenvalue weighted by Gasteiger charge is 1.97. The molecule has 0 aliphatic carbocycles. The first-order chi connectivity index (χ1) is 8.74. The topological polar surface area (TPSA) is 69.4 Å². The summed E-state index contributed by atoms with van der Waals surface area (Å²) in [6.07, 6.45) is 2.09. The number of methoxy groups -OCH3 is 1. The van der Waals surface area contributed by atoms with E-state index in [4.69, 9.17) is 15.2 Å². The van der Waals surface area contributed by atoms with Gasteiger partial charge < -0.3 is 20.5 Å². The minimum atomic E-state index is 0.660. The Morgan fingerprint density at radius 2 is 2.06 bits per heavy atom. The minimum Gasteiger partial charge on any atom is -0.397 e. The fourth-order valence-corrected chi connectivity index (χ4v) is 1.46. The highest BCUT2D eigenvalue weighted by Crippen LogP contribution is 2.11. The van der Waals surface area contributed by atoms with Crippen LogP contribution >= 0.6 is 0 Å². The SMILES string of the molecule is COCCOCCCCNc1ccc(N)c(C)n1. The molecule has 0 unspecified atom stereocenters. The second-order valence-corrected chi connectivity index (χ2v) is 4.11. The Balaban J connectivity index is 2.05. The highest BCUT2D eigenvalue weighted by molar-refractivity contribution is 5.48. The Kier molecular flexibility index (Phi) is 7.13. The first-order valence-electron chi connectivity index (χ1n) is 6.27. The molecular formula is C13H23N3O2. The van der Waals surface area contributed by atoms with Crippen molar-refractivity contribution in [2.45, 2.75) is 19.8 Å². The minimum absolute atomic E-state index is 0.660. The molecule has 102 valence electrons. The summed E-state index contributed by atoms with van der Waals surface area (Å²) in [4.78, 5) is 4.35. The van der Waals surface area contributed by atoms with E-state index >= 15 is 0 Å². The number of rotatable bonds is 9. The number of hydrogen-bond acceptors (Lipinski definition) is 5. The molecule has 1 heterocycles. The van der Waals surface area contributed by atoms with Gasteiger partial charge in [0.05, 0.1) is 24.6 Å². The van der Waals surface area contributed by atoms with Crippen molar-refractivity contribution in [1.82, 2.24) is 4.98 Å². The number of anilines is 2. The number of nitrogens with one attached hydrogen (secondary N) is 1. The maximum atomic E-state index is 5.71. The number of nitrogen functional groups attached to an aromatic ring is 1. The molecule has 0 aliphatic rings. The van der Waals surface area contributed by atoms with Crippen LogP contribution in [0.3, 0.4) is 0 Å². The van der Waals surface area contributed by atoms with Crippen LogP contribution in [0.1, 0.15) is 18.5 Å². The van der Waals surface area contributed by atoms with E-state index in [-0.39, 0.29) is 0 Å². The zero-order chi connectivity index (χ0) is 13.2. The Morgan fingerprint density at radius 1 is 1.22 bits per heavy atom. The molecule has 0 aromatic carbocycles. The first kappa shape index (κ1) is 14.7. The van der Waals surface area contributed by atoms with Gasteiger partial charge in [0, 0.05) is 20.3 Å². The van der Waals surface area contributed by atoms with Gasteiger partial charge in [-0.15, -0.1) is 0 Å². The summed E-state index contributed by atoms with van der Waals surface area (Å²) in [6, 6.07) is 3.77. The largest absolute Gasteiger partial charge is 0.397 e. The average Bonchev–Trinajstić information content (AvgIpc) is 2.37. The van der Waals surface area contributed by atoms with Crippen LogP contribution in [-0.4, -0.2) is 38.5 Å². The molecule has 0 aliphatic heterocycles. The van der Waals surface area contributed by atoms with E-state index in [9.17, 15) is 0 Å². The van der Waals surface area contributed by atoms with Gasteiger partial charge in [0.2, 0.25) is 0 Å². The molecule has 1 aromatic heterocycles. The molecule has 0 saturated carbocycles. The summed E-state index contributed by atoms with van der Waals surface area (Å²) in [5.74, 6) is 0.877. The Hall–Kier alpha value is -1.33. The van der Waals surface area contributed by atoms with Gasteiger partial charge in [-0.2, -0.15) is 0 Å². The van der Waals surface area contributed by atoms with Gasteiger partial charge in [0.15, 0.2) is 0 Å². The standard InChI is InChI=1S/C13H23N3O2/c1-11-12(14)5-6-13(16-11)15-7-3-4-8-18-10-9-17-2/h5-6H,3-4,7-10,14H2,1-2H3,(H,15,16). The van der Waals surface area contributed by atoms with Crippen molar-refractivity contribution in [1.29, 1.82) is 0 Å².